The number of halogens is 3. The van der Waals surface area contributed by atoms with Crippen LogP contribution in [0.3, 0.4) is 0 Å². The molecule has 0 aliphatic heterocycles. The van der Waals surface area contributed by atoms with Crippen molar-refractivity contribution in [1.29, 1.82) is 0 Å². The largest absolute Gasteiger partial charge is 0.491 e. The lowest BCUT2D eigenvalue weighted by Crippen LogP contribution is -2.32. The highest BCUT2D eigenvalue weighted by Crippen LogP contribution is 2.20. The zero-order valence-electron chi connectivity index (χ0n) is 9.48. The number of rotatable bonds is 4. The van der Waals surface area contributed by atoms with Crippen LogP contribution in [-0.2, 0) is 16.0 Å². The number of nitrogens with two attached hydrogens (primary N) is 1. The molecule has 0 aromatic heterocycles. The third-order valence-electron chi connectivity index (χ3n) is 2.14. The van der Waals surface area contributed by atoms with E-state index in [1.807, 2.05) is 0 Å². The van der Waals surface area contributed by atoms with Crippen molar-refractivity contribution in [2.75, 3.05) is 0 Å². The summed E-state index contributed by atoms with van der Waals surface area (Å²) in [5.41, 5.74) is 5.79. The standard InChI is InChI=1S/C11H10F3NO4/c12-11(13,14)10(18)19-7-3-1-6(2-4-7)5-8(15)9(16)17/h1-4,8H,5,15H2,(H,16,17)/t8-/m0/s1. The number of benzene rings is 1. The van der Waals surface area contributed by atoms with E-state index in [2.05, 4.69) is 4.74 Å². The van der Waals surface area contributed by atoms with E-state index in [1.165, 1.54) is 12.1 Å². The minimum absolute atomic E-state index is 0.0167. The molecule has 0 radical (unpaired) electrons. The maximum atomic E-state index is 11.9. The number of ether oxygens (including phenoxy) is 1. The topological polar surface area (TPSA) is 89.6 Å². The van der Waals surface area contributed by atoms with E-state index in [-0.39, 0.29) is 12.2 Å². The van der Waals surface area contributed by atoms with E-state index in [0.29, 0.717) is 5.56 Å². The van der Waals surface area contributed by atoms with E-state index in [4.69, 9.17) is 10.8 Å². The first-order chi connectivity index (χ1) is 8.70. The number of alkyl halides is 3. The first-order valence-electron chi connectivity index (χ1n) is 5.06. The molecule has 0 unspecified atom stereocenters. The number of esters is 1. The summed E-state index contributed by atoms with van der Waals surface area (Å²) in [6.07, 6.45) is -5.05. The minimum atomic E-state index is -5.07. The van der Waals surface area contributed by atoms with Crippen molar-refractivity contribution in [3.05, 3.63) is 29.8 Å². The molecule has 0 aliphatic carbocycles. The van der Waals surface area contributed by atoms with Gasteiger partial charge in [-0.25, -0.2) is 4.79 Å². The second kappa shape index (κ2) is 5.70. The molecule has 3 N–H and O–H groups in total. The molecule has 0 aliphatic rings. The van der Waals surface area contributed by atoms with Crippen LogP contribution in [0.5, 0.6) is 5.75 Å². The van der Waals surface area contributed by atoms with Crippen molar-refractivity contribution in [2.45, 2.75) is 18.6 Å². The van der Waals surface area contributed by atoms with Crippen LogP contribution in [0, 0.1) is 0 Å². The minimum Gasteiger partial charge on any atom is -0.480 e. The number of carbonyl (C=O) groups is 2. The van der Waals surface area contributed by atoms with Crippen LogP contribution >= 0.6 is 0 Å². The Kier molecular flexibility index (Phi) is 4.49. The van der Waals surface area contributed by atoms with Crippen molar-refractivity contribution >= 4 is 11.9 Å². The fourth-order valence-electron chi connectivity index (χ4n) is 1.20. The molecule has 0 heterocycles. The quantitative estimate of drug-likeness (QED) is 0.635. The van der Waals surface area contributed by atoms with Crippen molar-refractivity contribution in [2.24, 2.45) is 5.73 Å². The molecule has 0 spiro atoms. The summed E-state index contributed by atoms with van der Waals surface area (Å²) in [5.74, 6) is -3.79. The average molecular weight is 277 g/mol. The molecule has 0 bridgehead atoms. The molecular formula is C11H10F3NO4. The van der Waals surface area contributed by atoms with Crippen LogP contribution < -0.4 is 10.5 Å². The number of aliphatic carboxylic acids is 1. The Morgan fingerprint density at radius 3 is 2.21 bits per heavy atom. The van der Waals surface area contributed by atoms with Crippen molar-refractivity contribution < 1.29 is 32.6 Å². The van der Waals surface area contributed by atoms with Crippen molar-refractivity contribution in [3.8, 4) is 5.75 Å². The molecule has 19 heavy (non-hydrogen) atoms. The summed E-state index contributed by atoms with van der Waals surface area (Å²) < 4.78 is 39.8. The smallest absolute Gasteiger partial charge is 0.480 e. The van der Waals surface area contributed by atoms with Gasteiger partial charge in [-0.3, -0.25) is 4.79 Å². The van der Waals surface area contributed by atoms with Crippen LogP contribution in [0.15, 0.2) is 24.3 Å². The summed E-state index contributed by atoms with van der Waals surface area (Å²) in [6.45, 7) is 0. The third-order valence-corrected chi connectivity index (χ3v) is 2.14. The Labute approximate surface area is 105 Å². The number of carboxylic acid groups (broad SMARTS) is 1. The summed E-state index contributed by atoms with van der Waals surface area (Å²) >= 11 is 0. The van der Waals surface area contributed by atoms with Gasteiger partial charge < -0.3 is 15.6 Å². The predicted molar refractivity (Wildman–Crippen MR) is 57.4 cm³/mol. The molecule has 8 heteroatoms. The predicted octanol–water partition coefficient (Wildman–Crippen LogP) is 1.11. The molecule has 0 amide bonds. The molecule has 0 saturated carbocycles. The Bertz CT molecular complexity index is 470. The molecule has 5 nitrogen and oxygen atoms in total. The van der Waals surface area contributed by atoms with Gasteiger partial charge in [0.05, 0.1) is 0 Å². The average Bonchev–Trinajstić information content (AvgIpc) is 2.30. The van der Waals surface area contributed by atoms with E-state index in [1.54, 1.807) is 0 Å². The van der Waals surface area contributed by atoms with Crippen LogP contribution in [0.1, 0.15) is 5.56 Å². The molecule has 1 rings (SSSR count). The van der Waals surface area contributed by atoms with Gasteiger partial charge >= 0.3 is 18.1 Å². The van der Waals surface area contributed by atoms with Gasteiger partial charge in [-0.05, 0) is 24.1 Å². The normalized spacial score (nSPS) is 12.8. The highest BCUT2D eigenvalue weighted by molar-refractivity contribution is 5.78. The van der Waals surface area contributed by atoms with Gasteiger partial charge in [0.1, 0.15) is 11.8 Å². The third kappa shape index (κ3) is 4.59. The van der Waals surface area contributed by atoms with E-state index < -0.39 is 24.2 Å². The van der Waals surface area contributed by atoms with Gasteiger partial charge in [0.15, 0.2) is 0 Å². The Hall–Kier alpha value is -2.09. The number of hydrogen-bond acceptors (Lipinski definition) is 4. The van der Waals surface area contributed by atoms with Gasteiger partial charge in [-0.1, -0.05) is 12.1 Å². The summed E-state index contributed by atoms with van der Waals surface area (Å²) in [4.78, 5) is 21.0. The lowest BCUT2D eigenvalue weighted by Gasteiger charge is -2.09. The first kappa shape index (κ1) is 15.0. The fraction of sp³-hybridized carbons (Fsp3) is 0.273. The Morgan fingerprint density at radius 1 is 1.26 bits per heavy atom. The van der Waals surface area contributed by atoms with Crippen molar-refractivity contribution in [3.63, 3.8) is 0 Å². The van der Waals surface area contributed by atoms with Crippen LogP contribution in [-0.4, -0.2) is 29.3 Å². The number of hydrogen-bond donors (Lipinski definition) is 2. The molecule has 0 fully saturated rings. The second-order valence-corrected chi connectivity index (χ2v) is 3.68. The van der Waals surface area contributed by atoms with Gasteiger partial charge in [0.2, 0.25) is 0 Å². The first-order valence-corrected chi connectivity index (χ1v) is 5.06. The molecule has 104 valence electrons. The maximum Gasteiger partial charge on any atom is 0.491 e. The number of carbonyl (C=O) groups excluding carboxylic acids is 1. The van der Waals surface area contributed by atoms with Crippen LogP contribution in [0.2, 0.25) is 0 Å². The number of carboxylic acids is 1. The highest BCUT2D eigenvalue weighted by Gasteiger charge is 2.41. The lowest BCUT2D eigenvalue weighted by atomic mass is 10.1. The molecule has 0 saturated heterocycles. The van der Waals surface area contributed by atoms with E-state index >= 15 is 0 Å². The zero-order chi connectivity index (χ0) is 14.6. The molecule has 1 atom stereocenters. The van der Waals surface area contributed by atoms with Gasteiger partial charge in [0.25, 0.3) is 0 Å². The van der Waals surface area contributed by atoms with Crippen molar-refractivity contribution in [1.82, 2.24) is 0 Å². The van der Waals surface area contributed by atoms with E-state index in [0.717, 1.165) is 12.1 Å². The van der Waals surface area contributed by atoms with Gasteiger partial charge in [-0.15, -0.1) is 0 Å². The van der Waals surface area contributed by atoms with Gasteiger partial charge in [-0.2, -0.15) is 13.2 Å². The molecule has 1 aromatic carbocycles. The van der Waals surface area contributed by atoms with Crippen LogP contribution in [0.25, 0.3) is 0 Å². The molecular weight excluding hydrogens is 267 g/mol. The Morgan fingerprint density at radius 2 is 1.79 bits per heavy atom. The maximum absolute atomic E-state index is 11.9. The van der Waals surface area contributed by atoms with Crippen LogP contribution in [0.4, 0.5) is 13.2 Å². The molecule has 1 aromatic rings. The van der Waals surface area contributed by atoms with E-state index in [9.17, 15) is 22.8 Å². The highest BCUT2D eigenvalue weighted by atomic mass is 19.4. The summed E-state index contributed by atoms with van der Waals surface area (Å²) in [6, 6.07) is 3.83. The SMILES string of the molecule is N[C@@H](Cc1ccc(OC(=O)C(F)(F)F)cc1)C(=O)O. The Balaban J connectivity index is 2.67. The van der Waals surface area contributed by atoms with Gasteiger partial charge in [0, 0.05) is 0 Å². The second-order valence-electron chi connectivity index (χ2n) is 3.68. The summed E-state index contributed by atoms with van der Waals surface area (Å²) in [5, 5.41) is 8.59. The zero-order valence-corrected chi connectivity index (χ0v) is 9.48. The fourth-order valence-corrected chi connectivity index (χ4v) is 1.20. The summed E-state index contributed by atoms with van der Waals surface area (Å²) in [7, 11) is 0. The lowest BCUT2D eigenvalue weighted by molar-refractivity contribution is -0.189. The monoisotopic (exact) mass is 277 g/mol.